The second-order valence-electron chi connectivity index (χ2n) is 8.79. The van der Waals surface area contributed by atoms with Gasteiger partial charge >= 0.3 is 0 Å². The lowest BCUT2D eigenvalue weighted by molar-refractivity contribution is -0.384. The molecule has 0 radical (unpaired) electrons. The molecule has 2 aromatic heterocycles. The van der Waals surface area contributed by atoms with E-state index in [0.717, 1.165) is 48.6 Å². The first kappa shape index (κ1) is 27.5. The predicted octanol–water partition coefficient (Wildman–Crippen LogP) is 4.66. The second kappa shape index (κ2) is 12.8. The number of nitrogens with one attached hydrogen (secondary N) is 2. The van der Waals surface area contributed by atoms with Gasteiger partial charge in [-0.2, -0.15) is 0 Å². The van der Waals surface area contributed by atoms with E-state index in [1.54, 1.807) is 31.1 Å². The Morgan fingerprint density at radius 3 is 2.49 bits per heavy atom. The monoisotopic (exact) mass is 505 g/mol. The number of pyridine rings is 1. The van der Waals surface area contributed by atoms with E-state index >= 15 is 0 Å². The van der Waals surface area contributed by atoms with Gasteiger partial charge in [0.2, 0.25) is 0 Å². The van der Waals surface area contributed by atoms with Gasteiger partial charge in [-0.15, -0.1) is 0 Å². The number of fused-ring (bicyclic) bond motifs is 3. The average molecular weight is 506 g/mol. The van der Waals surface area contributed by atoms with E-state index in [9.17, 15) is 14.9 Å². The van der Waals surface area contributed by atoms with Crippen molar-refractivity contribution in [3.05, 3.63) is 64.0 Å². The van der Waals surface area contributed by atoms with E-state index in [-0.39, 0.29) is 5.69 Å². The highest BCUT2D eigenvalue weighted by molar-refractivity contribution is 6.07. The van der Waals surface area contributed by atoms with Crippen molar-refractivity contribution in [2.75, 3.05) is 45.0 Å². The summed E-state index contributed by atoms with van der Waals surface area (Å²) in [5, 5.41) is 18.3. The van der Waals surface area contributed by atoms with Crippen molar-refractivity contribution in [2.24, 2.45) is 0 Å². The van der Waals surface area contributed by atoms with Crippen LogP contribution in [0.15, 0.2) is 42.5 Å². The second-order valence-corrected chi connectivity index (χ2v) is 8.79. The van der Waals surface area contributed by atoms with Crippen LogP contribution in [0.4, 0.5) is 17.2 Å². The standard InChI is InChI=1S/C18H25N5.C9H10N2O3/c1-4-15-22-16-17(23(15)12-8-7-11-19-2)13-9-5-6-10-14(13)21-18(16)20-3;1-10(2)8-4-3-7(6-12)5-9(8)11(13)14/h5-6,9-10,19H,4,7-8,11-12H2,1-3H3,(H,20,21);3-6H,1-2H3. The average Bonchev–Trinajstić information content (AvgIpc) is 3.29. The van der Waals surface area contributed by atoms with Crippen LogP contribution in [0.5, 0.6) is 0 Å². The highest BCUT2D eigenvalue weighted by Crippen LogP contribution is 2.30. The van der Waals surface area contributed by atoms with Crippen LogP contribution in [0.25, 0.3) is 21.9 Å². The fourth-order valence-corrected chi connectivity index (χ4v) is 4.28. The number of nitro benzene ring substituents is 1. The van der Waals surface area contributed by atoms with Gasteiger partial charge in [0.1, 0.15) is 23.3 Å². The van der Waals surface area contributed by atoms with Gasteiger partial charge in [0.05, 0.1) is 16.0 Å². The van der Waals surface area contributed by atoms with Crippen molar-refractivity contribution in [1.82, 2.24) is 19.9 Å². The number of benzene rings is 2. The topological polar surface area (TPSA) is 118 Å². The molecule has 0 aliphatic rings. The number of carbonyl (C=O) groups is 1. The van der Waals surface area contributed by atoms with Crippen LogP contribution in [-0.2, 0) is 13.0 Å². The Morgan fingerprint density at radius 2 is 1.86 bits per heavy atom. The molecule has 2 aromatic carbocycles. The van der Waals surface area contributed by atoms with Crippen molar-refractivity contribution in [3.63, 3.8) is 0 Å². The third-order valence-corrected chi connectivity index (χ3v) is 6.09. The number of imidazole rings is 1. The molecule has 0 unspecified atom stereocenters. The number of aldehydes is 1. The Morgan fingerprint density at radius 1 is 1.11 bits per heavy atom. The number of nitrogens with zero attached hydrogens (tertiary/aromatic N) is 5. The van der Waals surface area contributed by atoms with Gasteiger partial charge in [-0.05, 0) is 44.6 Å². The zero-order valence-electron chi connectivity index (χ0n) is 22.1. The van der Waals surface area contributed by atoms with Crippen molar-refractivity contribution >= 4 is 45.4 Å². The normalized spacial score (nSPS) is 10.7. The maximum Gasteiger partial charge on any atom is 0.293 e. The summed E-state index contributed by atoms with van der Waals surface area (Å²) in [6.07, 6.45) is 3.83. The molecule has 10 nitrogen and oxygen atoms in total. The van der Waals surface area contributed by atoms with Gasteiger partial charge in [-0.25, -0.2) is 9.97 Å². The fourth-order valence-electron chi connectivity index (χ4n) is 4.28. The van der Waals surface area contributed by atoms with Crippen LogP contribution < -0.4 is 15.5 Å². The molecule has 0 aliphatic heterocycles. The highest BCUT2D eigenvalue weighted by Gasteiger charge is 2.17. The van der Waals surface area contributed by atoms with Crippen molar-refractivity contribution in [1.29, 1.82) is 0 Å². The number of nitro groups is 1. The number of rotatable bonds is 10. The van der Waals surface area contributed by atoms with Crippen molar-refractivity contribution in [2.45, 2.75) is 32.7 Å². The minimum absolute atomic E-state index is 0.0559. The van der Waals surface area contributed by atoms with Crippen LogP contribution in [0.3, 0.4) is 0 Å². The molecule has 0 bridgehead atoms. The highest BCUT2D eigenvalue weighted by atomic mass is 16.6. The molecule has 0 amide bonds. The molecule has 10 heteroatoms. The molecular weight excluding hydrogens is 470 g/mol. The van der Waals surface area contributed by atoms with Gasteiger partial charge in [0.25, 0.3) is 5.69 Å². The fraction of sp³-hybridized carbons (Fsp3) is 0.370. The molecule has 0 fully saturated rings. The number of unbranched alkanes of at least 4 members (excludes halogenated alkanes) is 1. The molecule has 196 valence electrons. The minimum atomic E-state index is -0.498. The van der Waals surface area contributed by atoms with E-state index < -0.39 is 4.92 Å². The van der Waals surface area contributed by atoms with Crippen molar-refractivity contribution in [3.8, 4) is 0 Å². The summed E-state index contributed by atoms with van der Waals surface area (Å²) in [6.45, 7) is 4.22. The lowest BCUT2D eigenvalue weighted by Crippen LogP contribution is -2.11. The molecule has 0 saturated carbocycles. The van der Waals surface area contributed by atoms with Gasteiger partial charge in [-0.1, -0.05) is 25.1 Å². The molecule has 0 spiro atoms. The van der Waals surface area contributed by atoms with Gasteiger partial charge in [0, 0.05) is 51.1 Å². The molecule has 0 saturated heterocycles. The van der Waals surface area contributed by atoms with Crippen LogP contribution in [0.2, 0.25) is 0 Å². The van der Waals surface area contributed by atoms with Crippen LogP contribution in [0.1, 0.15) is 35.9 Å². The summed E-state index contributed by atoms with van der Waals surface area (Å²) < 4.78 is 2.38. The Balaban J connectivity index is 0.000000233. The Labute approximate surface area is 216 Å². The minimum Gasteiger partial charge on any atom is -0.372 e. The first-order valence-electron chi connectivity index (χ1n) is 12.4. The van der Waals surface area contributed by atoms with Crippen molar-refractivity contribution < 1.29 is 9.72 Å². The van der Waals surface area contributed by atoms with E-state index in [1.165, 1.54) is 23.4 Å². The summed E-state index contributed by atoms with van der Waals surface area (Å²) in [7, 11) is 7.34. The molecular formula is C27H35N7O3. The maximum atomic E-state index is 10.7. The maximum absolute atomic E-state index is 10.7. The first-order chi connectivity index (χ1) is 17.9. The Bertz CT molecular complexity index is 1380. The SMILES string of the molecule is CCc1nc2c(NC)nc3ccccc3c2n1CCCCNC.CN(C)c1ccc(C=O)cc1[N+](=O)[O-]. The first-order valence-corrected chi connectivity index (χ1v) is 12.4. The number of para-hydroxylation sites is 1. The van der Waals surface area contributed by atoms with E-state index in [1.807, 2.05) is 20.2 Å². The zero-order chi connectivity index (χ0) is 26.9. The van der Waals surface area contributed by atoms with E-state index in [4.69, 9.17) is 9.97 Å². The Hall–Kier alpha value is -4.05. The summed E-state index contributed by atoms with van der Waals surface area (Å²) in [5.74, 6) is 2.00. The third-order valence-electron chi connectivity index (χ3n) is 6.09. The molecule has 2 N–H and O–H groups in total. The van der Waals surface area contributed by atoms with Gasteiger partial charge < -0.3 is 20.1 Å². The lowest BCUT2D eigenvalue weighted by atomic mass is 10.2. The number of hydrogen-bond donors (Lipinski definition) is 2. The Kier molecular flexibility index (Phi) is 9.51. The number of aryl methyl sites for hydroxylation is 2. The molecule has 4 rings (SSSR count). The molecule has 37 heavy (non-hydrogen) atoms. The quantitative estimate of drug-likeness (QED) is 0.138. The van der Waals surface area contributed by atoms with Crippen LogP contribution in [0, 0.1) is 10.1 Å². The van der Waals surface area contributed by atoms with E-state index in [2.05, 4.69) is 40.3 Å². The summed E-state index contributed by atoms with van der Waals surface area (Å²) in [5.41, 5.74) is 3.95. The summed E-state index contributed by atoms with van der Waals surface area (Å²) in [6, 6.07) is 12.7. The number of aromatic nitrogens is 3. The number of carbonyl (C=O) groups excluding carboxylic acids is 1. The predicted molar refractivity (Wildman–Crippen MR) is 150 cm³/mol. The molecule has 0 aliphatic carbocycles. The summed E-state index contributed by atoms with van der Waals surface area (Å²) >= 11 is 0. The van der Waals surface area contributed by atoms with E-state index in [0.29, 0.717) is 17.5 Å². The number of hydrogen-bond acceptors (Lipinski definition) is 8. The number of anilines is 2. The smallest absolute Gasteiger partial charge is 0.293 e. The summed E-state index contributed by atoms with van der Waals surface area (Å²) in [4.78, 5) is 31.8. The lowest BCUT2D eigenvalue weighted by Gasteiger charge is -2.12. The van der Waals surface area contributed by atoms with Crippen LogP contribution in [-0.4, -0.2) is 60.5 Å². The molecule has 2 heterocycles. The third kappa shape index (κ3) is 6.21. The largest absolute Gasteiger partial charge is 0.372 e. The van der Waals surface area contributed by atoms with Crippen LogP contribution >= 0.6 is 0 Å². The molecule has 0 atom stereocenters. The molecule has 4 aromatic rings. The zero-order valence-corrected chi connectivity index (χ0v) is 22.1. The van der Waals surface area contributed by atoms with Gasteiger partial charge in [0.15, 0.2) is 5.82 Å². The van der Waals surface area contributed by atoms with Gasteiger partial charge in [-0.3, -0.25) is 14.9 Å².